The molecule has 2 aromatic carbocycles. The van der Waals surface area contributed by atoms with Gasteiger partial charge in [0.2, 0.25) is 5.91 Å². The molecule has 3 heterocycles. The standard InChI is InChI=1S/C30H35FN6O4S/c31-25-17-21(33-29(42)35-28(39)16-20-4-2-1-3-5-20)6-7-26(25)41-24-8-12-32-27(18-24)34-30(40)36-13-9-22(10-14-36)37-15-11-23(38)19-37/h1-8,12,17-18,22-23,30,38,40H,9-11,13-16,19H2,(H,32,34)(H2,33,35,39,42). The highest BCUT2D eigenvalue weighted by Gasteiger charge is 2.31. The van der Waals surface area contributed by atoms with E-state index in [0.29, 0.717) is 36.4 Å². The molecule has 2 aliphatic heterocycles. The lowest BCUT2D eigenvalue weighted by molar-refractivity contribution is -0.119. The number of piperidine rings is 1. The Balaban J connectivity index is 1.10. The van der Waals surface area contributed by atoms with Crippen molar-refractivity contribution in [2.45, 2.75) is 44.2 Å². The summed E-state index contributed by atoms with van der Waals surface area (Å²) >= 11 is 5.19. The number of nitrogens with one attached hydrogen (secondary N) is 3. The van der Waals surface area contributed by atoms with Crippen LogP contribution in [0.3, 0.4) is 0 Å². The number of aliphatic hydroxyl groups is 2. The van der Waals surface area contributed by atoms with Crippen molar-refractivity contribution in [3.05, 3.63) is 78.2 Å². The number of carbonyl (C=O) groups is 1. The van der Waals surface area contributed by atoms with Crippen LogP contribution in [-0.2, 0) is 11.2 Å². The third-order valence-corrected chi connectivity index (χ3v) is 7.65. The van der Waals surface area contributed by atoms with Crippen LogP contribution < -0.4 is 20.7 Å². The molecule has 2 atom stereocenters. The number of β-amino-alcohol motifs (C(OH)–C–C–N with tert-alkyl or cyclic N) is 1. The molecule has 0 spiro atoms. The average molecular weight is 595 g/mol. The molecule has 2 aliphatic rings. The second-order valence-corrected chi connectivity index (χ2v) is 10.9. The Morgan fingerprint density at radius 2 is 1.88 bits per heavy atom. The number of aliphatic hydroxyl groups excluding tert-OH is 2. The topological polar surface area (TPSA) is 122 Å². The zero-order valence-electron chi connectivity index (χ0n) is 23.1. The Morgan fingerprint density at radius 1 is 1.10 bits per heavy atom. The fourth-order valence-corrected chi connectivity index (χ4v) is 5.51. The lowest BCUT2D eigenvalue weighted by Gasteiger charge is -2.38. The number of pyridine rings is 1. The molecule has 2 fully saturated rings. The molecule has 0 saturated carbocycles. The summed E-state index contributed by atoms with van der Waals surface area (Å²) in [6.45, 7) is 3.08. The average Bonchev–Trinajstić information content (AvgIpc) is 3.41. The Kier molecular flexibility index (Phi) is 9.93. The number of ether oxygens (including phenoxy) is 1. The van der Waals surface area contributed by atoms with Crippen molar-refractivity contribution < 1.29 is 24.1 Å². The van der Waals surface area contributed by atoms with Crippen LogP contribution in [0.4, 0.5) is 15.9 Å². The first-order chi connectivity index (χ1) is 20.3. The molecule has 5 rings (SSSR count). The molecule has 0 aliphatic carbocycles. The minimum absolute atomic E-state index is 0.00798. The third-order valence-electron chi connectivity index (χ3n) is 7.44. The van der Waals surface area contributed by atoms with Gasteiger partial charge in [0.15, 0.2) is 23.0 Å². The summed E-state index contributed by atoms with van der Waals surface area (Å²) in [6.07, 6.45) is 3.17. The normalized spacial score (nSPS) is 18.8. The van der Waals surface area contributed by atoms with Gasteiger partial charge in [-0.05, 0) is 55.2 Å². The predicted octanol–water partition coefficient (Wildman–Crippen LogP) is 3.29. The van der Waals surface area contributed by atoms with Crippen LogP contribution in [0.25, 0.3) is 0 Å². The van der Waals surface area contributed by atoms with Gasteiger partial charge in [0.05, 0.1) is 12.5 Å². The van der Waals surface area contributed by atoms with Gasteiger partial charge in [0, 0.05) is 56.2 Å². The molecule has 1 amide bonds. The third kappa shape index (κ3) is 8.20. The van der Waals surface area contributed by atoms with Crippen LogP contribution >= 0.6 is 12.2 Å². The molecule has 3 aromatic rings. The summed E-state index contributed by atoms with van der Waals surface area (Å²) in [4.78, 5) is 20.8. The van der Waals surface area contributed by atoms with Gasteiger partial charge in [-0.15, -0.1) is 0 Å². The Labute approximate surface area is 249 Å². The van der Waals surface area contributed by atoms with Crippen molar-refractivity contribution >= 4 is 34.7 Å². The molecule has 2 unspecified atom stereocenters. The van der Waals surface area contributed by atoms with E-state index in [1.54, 1.807) is 18.2 Å². The number of nitrogens with zero attached hydrogens (tertiary/aromatic N) is 3. The summed E-state index contributed by atoms with van der Waals surface area (Å²) in [7, 11) is 0. The van der Waals surface area contributed by atoms with Crippen molar-refractivity contribution in [3.63, 3.8) is 0 Å². The number of thiocarbonyl (C=S) groups is 1. The number of hydrogen-bond donors (Lipinski definition) is 5. The van der Waals surface area contributed by atoms with Gasteiger partial charge >= 0.3 is 0 Å². The summed E-state index contributed by atoms with van der Waals surface area (Å²) in [5.74, 6) is -0.183. The number of benzene rings is 2. The van der Waals surface area contributed by atoms with Crippen molar-refractivity contribution in [3.8, 4) is 11.5 Å². The highest BCUT2D eigenvalue weighted by molar-refractivity contribution is 7.80. The Bertz CT molecular complexity index is 1370. The zero-order valence-corrected chi connectivity index (χ0v) is 23.9. The molecule has 5 N–H and O–H groups in total. The number of anilines is 2. The maximum atomic E-state index is 14.9. The molecule has 0 bridgehead atoms. The lowest BCUT2D eigenvalue weighted by atomic mass is 10.0. The Hall–Kier alpha value is -3.68. The van der Waals surface area contributed by atoms with Gasteiger partial charge in [-0.25, -0.2) is 9.37 Å². The van der Waals surface area contributed by atoms with Crippen LogP contribution in [-0.4, -0.2) is 80.7 Å². The number of likely N-dealkylation sites (tertiary alicyclic amines) is 2. The fourth-order valence-electron chi connectivity index (χ4n) is 5.28. The van der Waals surface area contributed by atoms with Gasteiger partial charge in [-0.1, -0.05) is 30.3 Å². The molecule has 12 heteroatoms. The largest absolute Gasteiger partial charge is 0.454 e. The van der Waals surface area contributed by atoms with Crippen molar-refractivity contribution in [1.29, 1.82) is 0 Å². The molecular formula is C30H35FN6O4S. The Morgan fingerprint density at radius 3 is 2.60 bits per heavy atom. The van der Waals surface area contributed by atoms with E-state index in [0.717, 1.165) is 37.9 Å². The first-order valence-corrected chi connectivity index (χ1v) is 14.4. The summed E-state index contributed by atoms with van der Waals surface area (Å²) < 4.78 is 20.6. The van der Waals surface area contributed by atoms with E-state index in [1.807, 2.05) is 35.2 Å². The molecule has 42 heavy (non-hydrogen) atoms. The van der Waals surface area contributed by atoms with Gasteiger partial charge in [-0.3, -0.25) is 14.6 Å². The van der Waals surface area contributed by atoms with Gasteiger partial charge in [0.1, 0.15) is 11.6 Å². The minimum atomic E-state index is -0.933. The smallest absolute Gasteiger partial charge is 0.230 e. The summed E-state index contributed by atoms with van der Waals surface area (Å²) in [5.41, 5.74) is 1.21. The lowest BCUT2D eigenvalue weighted by Crippen LogP contribution is -2.50. The van der Waals surface area contributed by atoms with Crippen molar-refractivity contribution in [2.75, 3.05) is 36.8 Å². The second kappa shape index (κ2) is 14.0. The van der Waals surface area contributed by atoms with E-state index in [2.05, 4.69) is 25.8 Å². The first kappa shape index (κ1) is 29.8. The van der Waals surface area contributed by atoms with Gasteiger partial charge in [-0.2, -0.15) is 0 Å². The second-order valence-electron chi connectivity index (χ2n) is 10.5. The van der Waals surface area contributed by atoms with E-state index >= 15 is 0 Å². The number of carbonyl (C=O) groups excluding carboxylic acids is 1. The van der Waals surface area contributed by atoms with Crippen LogP contribution in [0.15, 0.2) is 66.9 Å². The minimum Gasteiger partial charge on any atom is -0.454 e. The first-order valence-electron chi connectivity index (χ1n) is 14.0. The SMILES string of the molecule is O=C(Cc1ccccc1)NC(=S)Nc1ccc(Oc2ccnc(NC(O)N3CCC(N4CCC(O)C4)CC3)c2)c(F)c1. The zero-order chi connectivity index (χ0) is 29.5. The highest BCUT2D eigenvalue weighted by atomic mass is 32.1. The molecule has 222 valence electrons. The van der Waals surface area contributed by atoms with E-state index in [1.165, 1.54) is 18.3 Å². The molecule has 10 nitrogen and oxygen atoms in total. The monoisotopic (exact) mass is 594 g/mol. The van der Waals surface area contributed by atoms with E-state index in [4.69, 9.17) is 17.0 Å². The predicted molar refractivity (Wildman–Crippen MR) is 162 cm³/mol. The van der Waals surface area contributed by atoms with E-state index < -0.39 is 12.2 Å². The number of amides is 1. The van der Waals surface area contributed by atoms with E-state index in [9.17, 15) is 19.4 Å². The van der Waals surface area contributed by atoms with Gasteiger partial charge < -0.3 is 30.9 Å². The number of halogens is 1. The number of aromatic nitrogens is 1. The van der Waals surface area contributed by atoms with Crippen LogP contribution in [0, 0.1) is 5.82 Å². The van der Waals surface area contributed by atoms with Crippen molar-refractivity contribution in [1.82, 2.24) is 20.1 Å². The summed E-state index contributed by atoms with van der Waals surface area (Å²) in [6, 6.07) is 17.1. The summed E-state index contributed by atoms with van der Waals surface area (Å²) in [5, 5.41) is 29.0. The fraction of sp³-hybridized carbons (Fsp3) is 0.367. The van der Waals surface area contributed by atoms with Crippen LogP contribution in [0.2, 0.25) is 0 Å². The molecule has 0 radical (unpaired) electrons. The van der Waals surface area contributed by atoms with Crippen LogP contribution in [0.1, 0.15) is 24.8 Å². The highest BCUT2D eigenvalue weighted by Crippen LogP contribution is 2.28. The van der Waals surface area contributed by atoms with Gasteiger partial charge in [0.25, 0.3) is 0 Å². The van der Waals surface area contributed by atoms with E-state index in [-0.39, 0.29) is 29.3 Å². The quantitative estimate of drug-likeness (QED) is 0.186. The molecular weight excluding hydrogens is 559 g/mol. The van der Waals surface area contributed by atoms with Crippen LogP contribution in [0.5, 0.6) is 11.5 Å². The molecule has 1 aromatic heterocycles. The molecule has 2 saturated heterocycles. The maximum absolute atomic E-state index is 14.9. The van der Waals surface area contributed by atoms with Crippen molar-refractivity contribution in [2.24, 2.45) is 0 Å². The number of rotatable bonds is 9. The maximum Gasteiger partial charge on any atom is 0.230 e. The number of hydrogen-bond acceptors (Lipinski definition) is 9.